The second-order valence-corrected chi connectivity index (χ2v) is 10.7. The summed E-state index contributed by atoms with van der Waals surface area (Å²) in [6, 6.07) is 41.7. The average molecular weight is 512 g/mol. The summed E-state index contributed by atoms with van der Waals surface area (Å²) in [5.74, 6) is 0. The van der Waals surface area contributed by atoms with Crippen LogP contribution in [0.4, 0.5) is 0 Å². The lowest BCUT2D eigenvalue weighted by Crippen LogP contribution is -2.00. The molecule has 3 aromatic heterocycles. The Labute approximate surface area is 231 Å². The Balaban J connectivity index is 1.22. The second-order valence-electron chi connectivity index (χ2n) is 10.7. The van der Waals surface area contributed by atoms with Gasteiger partial charge >= 0.3 is 0 Å². The molecule has 9 rings (SSSR count). The molecule has 3 heteroatoms. The molecule has 0 aliphatic heterocycles. The number of hydrogen-bond acceptors (Lipinski definition) is 1. The molecule has 8 aromatic rings. The molecule has 188 valence electrons. The molecule has 1 aliphatic rings. The number of allylic oxidation sites excluding steroid dienone is 1. The highest BCUT2D eigenvalue weighted by molar-refractivity contribution is 6.14. The first kappa shape index (κ1) is 21.7. The molecule has 1 aliphatic carbocycles. The van der Waals surface area contributed by atoms with Crippen LogP contribution < -0.4 is 0 Å². The van der Waals surface area contributed by atoms with E-state index < -0.39 is 0 Å². The van der Waals surface area contributed by atoms with Gasteiger partial charge < -0.3 is 4.57 Å². The molecule has 0 N–H and O–H groups in total. The smallest absolute Gasteiger partial charge is 0.146 e. The van der Waals surface area contributed by atoms with E-state index in [1.54, 1.807) is 0 Å². The largest absolute Gasteiger partial charge is 0.310 e. The maximum Gasteiger partial charge on any atom is 0.146 e. The van der Waals surface area contributed by atoms with Gasteiger partial charge in [-0.2, -0.15) is 0 Å². The van der Waals surface area contributed by atoms with Crippen molar-refractivity contribution in [1.29, 1.82) is 0 Å². The molecule has 40 heavy (non-hydrogen) atoms. The van der Waals surface area contributed by atoms with Crippen LogP contribution in [-0.2, 0) is 6.42 Å². The van der Waals surface area contributed by atoms with Crippen molar-refractivity contribution in [1.82, 2.24) is 14.0 Å². The quantitative estimate of drug-likeness (QED) is 0.212. The maximum atomic E-state index is 5.05. The zero-order chi connectivity index (χ0) is 26.2. The third kappa shape index (κ3) is 2.97. The van der Waals surface area contributed by atoms with Gasteiger partial charge in [-0.15, -0.1) is 0 Å². The highest BCUT2D eigenvalue weighted by Gasteiger charge is 2.18. The van der Waals surface area contributed by atoms with Gasteiger partial charge in [-0.25, -0.2) is 4.98 Å². The van der Waals surface area contributed by atoms with Crippen LogP contribution in [0.25, 0.3) is 72.1 Å². The number of para-hydroxylation sites is 4. The summed E-state index contributed by atoms with van der Waals surface area (Å²) < 4.78 is 4.72. The number of rotatable bonds is 2. The molecule has 3 nitrogen and oxygen atoms in total. The van der Waals surface area contributed by atoms with Gasteiger partial charge in [-0.05, 0) is 89.5 Å². The normalized spacial score (nSPS) is 13.2. The summed E-state index contributed by atoms with van der Waals surface area (Å²) in [6.07, 6.45) is 6.80. The fraction of sp³-hybridized carbons (Fsp3) is 0.0541. The molecular formula is C37H25N3. The summed E-state index contributed by atoms with van der Waals surface area (Å²) in [7, 11) is 0. The van der Waals surface area contributed by atoms with Gasteiger partial charge in [0.1, 0.15) is 5.65 Å². The lowest BCUT2D eigenvalue weighted by atomic mass is 9.99. The van der Waals surface area contributed by atoms with E-state index in [9.17, 15) is 0 Å². The van der Waals surface area contributed by atoms with E-state index in [1.807, 2.05) is 0 Å². The zero-order valence-corrected chi connectivity index (χ0v) is 21.9. The van der Waals surface area contributed by atoms with E-state index >= 15 is 0 Å². The van der Waals surface area contributed by atoms with Crippen molar-refractivity contribution in [3.8, 4) is 16.8 Å². The molecule has 0 unspecified atom stereocenters. The highest BCUT2D eigenvalue weighted by atomic mass is 15.0. The van der Waals surface area contributed by atoms with Crippen molar-refractivity contribution in [2.45, 2.75) is 12.8 Å². The van der Waals surface area contributed by atoms with Crippen molar-refractivity contribution >= 4 is 55.3 Å². The Hall–Kier alpha value is -5.15. The molecule has 0 bridgehead atoms. The fourth-order valence-electron chi connectivity index (χ4n) is 6.76. The lowest BCUT2D eigenvalue weighted by molar-refractivity contribution is 0.967. The van der Waals surface area contributed by atoms with Crippen LogP contribution in [0.1, 0.15) is 17.7 Å². The maximum absolute atomic E-state index is 5.05. The van der Waals surface area contributed by atoms with Crippen molar-refractivity contribution < 1.29 is 0 Å². The Morgan fingerprint density at radius 1 is 0.575 bits per heavy atom. The molecule has 0 fully saturated rings. The molecule has 3 heterocycles. The molecule has 0 spiro atoms. The third-order valence-electron chi connectivity index (χ3n) is 8.57. The van der Waals surface area contributed by atoms with E-state index in [4.69, 9.17) is 4.98 Å². The SMILES string of the molecule is C1=Cc2c(c3ccccc3n2-c2ccc(-c3ccc4c(c3)c3ccccc3n3c5ccccc5nc43)cc2)CC1. The third-order valence-corrected chi connectivity index (χ3v) is 8.57. The number of fused-ring (bicyclic) bond motifs is 11. The standard InChI is InChI=1S/C37H25N3/c1-5-13-33-27(9-1)28-10-2-6-14-34(28)39(33)26-20-17-24(18-21-26)25-19-22-30-31(23-25)29-11-3-7-15-35(29)40-36-16-8-4-12-32(36)38-37(30)40/h1,3-9,11-23H,2,10H2. The highest BCUT2D eigenvalue weighted by Crippen LogP contribution is 2.37. The fourth-order valence-corrected chi connectivity index (χ4v) is 6.76. The monoisotopic (exact) mass is 511 g/mol. The van der Waals surface area contributed by atoms with E-state index in [2.05, 4.69) is 136 Å². The van der Waals surface area contributed by atoms with Gasteiger partial charge in [0, 0.05) is 27.5 Å². The molecule has 0 saturated carbocycles. The molecule has 0 amide bonds. The van der Waals surface area contributed by atoms with Crippen molar-refractivity contribution in [3.63, 3.8) is 0 Å². The second kappa shape index (κ2) is 8.17. The zero-order valence-electron chi connectivity index (χ0n) is 21.9. The van der Waals surface area contributed by atoms with Gasteiger partial charge in [0.25, 0.3) is 0 Å². The minimum Gasteiger partial charge on any atom is -0.310 e. The van der Waals surface area contributed by atoms with Gasteiger partial charge in [-0.1, -0.05) is 72.8 Å². The number of imidazole rings is 1. The van der Waals surface area contributed by atoms with Gasteiger partial charge in [-0.3, -0.25) is 4.40 Å². The summed E-state index contributed by atoms with van der Waals surface area (Å²) >= 11 is 0. The number of hydrogen-bond donors (Lipinski definition) is 0. The molecule has 0 radical (unpaired) electrons. The van der Waals surface area contributed by atoms with Gasteiger partial charge in [0.15, 0.2) is 0 Å². The predicted octanol–water partition coefficient (Wildman–Crippen LogP) is 9.36. The van der Waals surface area contributed by atoms with Gasteiger partial charge in [0.05, 0.1) is 22.1 Å². The average Bonchev–Trinajstić information content (AvgIpc) is 3.58. The number of benzene rings is 5. The summed E-state index contributed by atoms with van der Waals surface area (Å²) in [5, 5.41) is 5.01. The van der Waals surface area contributed by atoms with E-state index in [0.29, 0.717) is 0 Å². The Bertz CT molecular complexity index is 2310. The predicted molar refractivity (Wildman–Crippen MR) is 167 cm³/mol. The van der Waals surface area contributed by atoms with Crippen LogP contribution in [0.3, 0.4) is 0 Å². The van der Waals surface area contributed by atoms with Crippen molar-refractivity contribution in [2.24, 2.45) is 0 Å². The van der Waals surface area contributed by atoms with Crippen LogP contribution in [0.2, 0.25) is 0 Å². The number of aromatic nitrogens is 3. The summed E-state index contributed by atoms with van der Waals surface area (Å²) in [4.78, 5) is 5.05. The Kier molecular flexibility index (Phi) is 4.44. The van der Waals surface area contributed by atoms with Crippen molar-refractivity contribution in [2.75, 3.05) is 0 Å². The van der Waals surface area contributed by atoms with Crippen LogP contribution in [0.5, 0.6) is 0 Å². The first-order chi connectivity index (χ1) is 19.8. The van der Waals surface area contributed by atoms with Crippen LogP contribution in [-0.4, -0.2) is 14.0 Å². The van der Waals surface area contributed by atoms with Gasteiger partial charge in [0.2, 0.25) is 0 Å². The van der Waals surface area contributed by atoms with Crippen LogP contribution in [0, 0.1) is 0 Å². The number of aryl methyl sites for hydroxylation is 1. The summed E-state index contributed by atoms with van der Waals surface area (Å²) in [5.41, 5.74) is 12.0. The minimum atomic E-state index is 1.01. The topological polar surface area (TPSA) is 22.2 Å². The van der Waals surface area contributed by atoms with Crippen LogP contribution >= 0.6 is 0 Å². The summed E-state index contributed by atoms with van der Waals surface area (Å²) in [6.45, 7) is 0. The Morgan fingerprint density at radius 2 is 1.30 bits per heavy atom. The molecule has 0 atom stereocenters. The first-order valence-corrected chi connectivity index (χ1v) is 14.0. The first-order valence-electron chi connectivity index (χ1n) is 14.0. The Morgan fingerprint density at radius 3 is 2.17 bits per heavy atom. The van der Waals surface area contributed by atoms with Crippen LogP contribution in [0.15, 0.2) is 121 Å². The minimum absolute atomic E-state index is 1.01. The van der Waals surface area contributed by atoms with E-state index in [0.717, 1.165) is 29.5 Å². The van der Waals surface area contributed by atoms with Crippen molar-refractivity contribution in [3.05, 3.63) is 133 Å². The molecule has 5 aromatic carbocycles. The number of nitrogens with zero attached hydrogens (tertiary/aromatic N) is 3. The van der Waals surface area contributed by atoms with E-state index in [-0.39, 0.29) is 0 Å². The molecule has 0 saturated heterocycles. The number of pyridine rings is 1. The molecular weight excluding hydrogens is 486 g/mol. The van der Waals surface area contributed by atoms with E-state index in [1.165, 1.54) is 60.6 Å². The lowest BCUT2D eigenvalue weighted by Gasteiger charge is -2.13.